The molecular formula is C29H28Cl2N2O4. The summed E-state index contributed by atoms with van der Waals surface area (Å²) >= 11 is 12.9. The molecule has 0 atom stereocenters. The normalized spacial score (nSPS) is 11.0. The number of benzene rings is 3. The van der Waals surface area contributed by atoms with E-state index in [-0.39, 0.29) is 18.5 Å². The number of aromatic nitrogens is 1. The number of esters is 1. The lowest BCUT2D eigenvalue weighted by Gasteiger charge is -2.22. The second-order valence-corrected chi connectivity index (χ2v) is 9.77. The molecule has 0 radical (unpaired) electrons. The SMILES string of the molecule is COC(=O)c1ccc(N(C)c2ccc(OCc3c(-c4c(Cl)cccc4Cl)noc3C(C)C)cc2C)cc1. The van der Waals surface area contributed by atoms with E-state index in [9.17, 15) is 4.79 Å². The van der Waals surface area contributed by atoms with E-state index >= 15 is 0 Å². The zero-order valence-electron chi connectivity index (χ0n) is 21.3. The number of carbonyl (C=O) groups excluding carboxylic acids is 1. The Kier molecular flexibility index (Phi) is 8.10. The maximum Gasteiger partial charge on any atom is 0.337 e. The van der Waals surface area contributed by atoms with Gasteiger partial charge in [-0.2, -0.15) is 0 Å². The van der Waals surface area contributed by atoms with Crippen LogP contribution in [0.3, 0.4) is 0 Å². The van der Waals surface area contributed by atoms with Crippen molar-refractivity contribution in [2.75, 3.05) is 19.1 Å². The van der Waals surface area contributed by atoms with E-state index in [0.717, 1.165) is 28.3 Å². The molecule has 0 fully saturated rings. The predicted molar refractivity (Wildman–Crippen MR) is 147 cm³/mol. The van der Waals surface area contributed by atoms with Gasteiger partial charge in [0.2, 0.25) is 0 Å². The topological polar surface area (TPSA) is 64.8 Å². The lowest BCUT2D eigenvalue weighted by molar-refractivity contribution is 0.0600. The Labute approximate surface area is 226 Å². The quantitative estimate of drug-likeness (QED) is 0.210. The first kappa shape index (κ1) is 26.6. The van der Waals surface area contributed by atoms with Gasteiger partial charge in [0.1, 0.15) is 23.8 Å². The average Bonchev–Trinajstić information content (AvgIpc) is 3.30. The maximum absolute atomic E-state index is 11.7. The van der Waals surface area contributed by atoms with Crippen LogP contribution in [-0.4, -0.2) is 25.3 Å². The molecule has 0 aliphatic heterocycles. The first-order valence-electron chi connectivity index (χ1n) is 11.8. The van der Waals surface area contributed by atoms with Crippen LogP contribution >= 0.6 is 23.2 Å². The van der Waals surface area contributed by atoms with Gasteiger partial charge in [-0.25, -0.2) is 4.79 Å². The molecule has 192 valence electrons. The lowest BCUT2D eigenvalue weighted by Crippen LogP contribution is -2.11. The Morgan fingerprint density at radius 3 is 2.32 bits per heavy atom. The molecule has 37 heavy (non-hydrogen) atoms. The monoisotopic (exact) mass is 538 g/mol. The van der Waals surface area contributed by atoms with E-state index in [4.69, 9.17) is 37.2 Å². The zero-order valence-corrected chi connectivity index (χ0v) is 22.9. The van der Waals surface area contributed by atoms with Crippen molar-refractivity contribution in [3.05, 3.63) is 93.2 Å². The number of hydrogen-bond donors (Lipinski definition) is 0. The summed E-state index contributed by atoms with van der Waals surface area (Å²) in [7, 11) is 3.34. The molecule has 8 heteroatoms. The third kappa shape index (κ3) is 5.60. The predicted octanol–water partition coefficient (Wildman–Crippen LogP) is 8.21. The van der Waals surface area contributed by atoms with Crippen molar-refractivity contribution in [3.63, 3.8) is 0 Å². The van der Waals surface area contributed by atoms with Gasteiger partial charge in [-0.1, -0.05) is 48.3 Å². The van der Waals surface area contributed by atoms with Crippen LogP contribution < -0.4 is 9.64 Å². The van der Waals surface area contributed by atoms with Crippen LogP contribution in [0.2, 0.25) is 10.0 Å². The van der Waals surface area contributed by atoms with E-state index in [1.165, 1.54) is 7.11 Å². The highest BCUT2D eigenvalue weighted by Gasteiger charge is 2.24. The molecule has 1 heterocycles. The van der Waals surface area contributed by atoms with Crippen LogP contribution in [-0.2, 0) is 11.3 Å². The van der Waals surface area contributed by atoms with Crippen molar-refractivity contribution in [2.45, 2.75) is 33.3 Å². The standard InChI is InChI=1S/C29H28Cl2N2O4/c1-17(2)28-22(27(32-37-28)26-23(30)7-6-8-24(26)31)16-36-21-13-14-25(18(3)15-21)33(4)20-11-9-19(10-12-20)29(34)35-5/h6-15,17H,16H2,1-5H3. The van der Waals surface area contributed by atoms with Gasteiger partial charge in [0.05, 0.1) is 28.3 Å². The third-order valence-corrected chi connectivity index (χ3v) is 6.76. The fourth-order valence-corrected chi connectivity index (χ4v) is 4.74. The molecular weight excluding hydrogens is 511 g/mol. The minimum atomic E-state index is -0.361. The second kappa shape index (κ2) is 11.3. The second-order valence-electron chi connectivity index (χ2n) is 8.96. The van der Waals surface area contributed by atoms with Crippen LogP contribution in [0.4, 0.5) is 11.4 Å². The number of rotatable bonds is 8. The average molecular weight is 539 g/mol. The van der Waals surface area contributed by atoms with Gasteiger partial charge in [-0.3, -0.25) is 0 Å². The molecule has 0 N–H and O–H groups in total. The summed E-state index contributed by atoms with van der Waals surface area (Å²) in [6, 6.07) is 18.5. The Morgan fingerprint density at radius 1 is 1.05 bits per heavy atom. The van der Waals surface area contributed by atoms with Gasteiger partial charge < -0.3 is 18.9 Å². The minimum absolute atomic E-state index is 0.101. The largest absolute Gasteiger partial charge is 0.489 e. The highest BCUT2D eigenvalue weighted by Crippen LogP contribution is 2.39. The van der Waals surface area contributed by atoms with E-state index in [1.807, 2.05) is 58.2 Å². The summed E-state index contributed by atoms with van der Waals surface area (Å²) in [6.07, 6.45) is 0. The molecule has 0 aliphatic carbocycles. The zero-order chi connectivity index (χ0) is 26.7. The molecule has 6 nitrogen and oxygen atoms in total. The summed E-state index contributed by atoms with van der Waals surface area (Å²) in [4.78, 5) is 13.8. The van der Waals surface area contributed by atoms with Crippen LogP contribution in [0.1, 0.15) is 47.0 Å². The van der Waals surface area contributed by atoms with Gasteiger partial charge in [0, 0.05) is 29.9 Å². The Hall–Kier alpha value is -3.48. The fourth-order valence-electron chi connectivity index (χ4n) is 4.16. The van der Waals surface area contributed by atoms with Crippen molar-refractivity contribution >= 4 is 40.5 Å². The molecule has 1 aromatic heterocycles. The van der Waals surface area contributed by atoms with Crippen molar-refractivity contribution < 1.29 is 18.8 Å². The smallest absolute Gasteiger partial charge is 0.337 e. The van der Waals surface area contributed by atoms with Crippen LogP contribution in [0.25, 0.3) is 11.3 Å². The van der Waals surface area contributed by atoms with Crippen molar-refractivity contribution in [2.24, 2.45) is 0 Å². The number of nitrogens with zero attached hydrogens (tertiary/aromatic N) is 2. The third-order valence-electron chi connectivity index (χ3n) is 6.13. The highest BCUT2D eigenvalue weighted by molar-refractivity contribution is 6.39. The highest BCUT2D eigenvalue weighted by atomic mass is 35.5. The summed E-state index contributed by atoms with van der Waals surface area (Å²) in [5.74, 6) is 1.18. The van der Waals surface area contributed by atoms with Crippen molar-refractivity contribution in [1.82, 2.24) is 5.16 Å². The van der Waals surface area contributed by atoms with Crippen LogP contribution in [0, 0.1) is 6.92 Å². The molecule has 0 bridgehead atoms. The first-order chi connectivity index (χ1) is 17.7. The fraction of sp³-hybridized carbons (Fsp3) is 0.241. The van der Waals surface area contributed by atoms with Crippen LogP contribution in [0.5, 0.6) is 5.75 Å². The van der Waals surface area contributed by atoms with E-state index in [2.05, 4.69) is 10.1 Å². The number of methoxy groups -OCH3 is 1. The molecule has 3 aromatic carbocycles. The van der Waals surface area contributed by atoms with Gasteiger partial charge in [-0.05, 0) is 67.1 Å². The molecule has 4 rings (SSSR count). The maximum atomic E-state index is 11.7. The van der Waals surface area contributed by atoms with Gasteiger partial charge in [0.25, 0.3) is 0 Å². The number of aryl methyl sites for hydroxylation is 1. The number of anilines is 2. The Bertz CT molecular complexity index is 1390. The molecule has 0 aliphatic rings. The van der Waals surface area contributed by atoms with Crippen LogP contribution in [0.15, 0.2) is 65.2 Å². The van der Waals surface area contributed by atoms with Gasteiger partial charge in [-0.15, -0.1) is 0 Å². The molecule has 0 saturated heterocycles. The first-order valence-corrected chi connectivity index (χ1v) is 12.5. The Balaban J connectivity index is 1.56. The number of ether oxygens (including phenoxy) is 2. The van der Waals surface area contributed by atoms with Crippen molar-refractivity contribution in [3.8, 4) is 17.0 Å². The molecule has 0 amide bonds. The summed E-state index contributed by atoms with van der Waals surface area (Å²) in [5, 5.41) is 5.29. The van der Waals surface area contributed by atoms with E-state index in [1.54, 1.807) is 30.3 Å². The minimum Gasteiger partial charge on any atom is -0.489 e. The number of halogens is 2. The lowest BCUT2D eigenvalue weighted by atomic mass is 10.0. The number of hydrogen-bond acceptors (Lipinski definition) is 6. The molecule has 0 spiro atoms. The number of carbonyl (C=O) groups is 1. The molecule has 0 saturated carbocycles. The summed E-state index contributed by atoms with van der Waals surface area (Å²) in [5.41, 5.74) is 5.52. The Morgan fingerprint density at radius 2 is 1.73 bits per heavy atom. The van der Waals surface area contributed by atoms with E-state index in [0.29, 0.717) is 32.6 Å². The molecule has 0 unspecified atom stereocenters. The summed E-state index contributed by atoms with van der Waals surface area (Å²) in [6.45, 7) is 6.34. The van der Waals surface area contributed by atoms with Crippen molar-refractivity contribution in [1.29, 1.82) is 0 Å². The van der Waals surface area contributed by atoms with E-state index < -0.39 is 0 Å². The van der Waals surface area contributed by atoms with Gasteiger partial charge in [0.15, 0.2) is 0 Å². The molecule has 4 aromatic rings. The summed E-state index contributed by atoms with van der Waals surface area (Å²) < 4.78 is 16.7. The van der Waals surface area contributed by atoms with Gasteiger partial charge >= 0.3 is 5.97 Å².